The van der Waals surface area contributed by atoms with Crippen molar-refractivity contribution < 1.29 is 32.3 Å². The van der Waals surface area contributed by atoms with Gasteiger partial charge in [0.05, 0.1) is 13.7 Å². The van der Waals surface area contributed by atoms with Crippen LogP contribution < -0.4 is 5.32 Å². The van der Waals surface area contributed by atoms with Gasteiger partial charge in [0.25, 0.3) is 5.91 Å². The fraction of sp³-hybridized carbons (Fsp3) is 0.278. The van der Waals surface area contributed by atoms with Gasteiger partial charge in [0.1, 0.15) is 34.3 Å². The van der Waals surface area contributed by atoms with Gasteiger partial charge < -0.3 is 14.5 Å². The van der Waals surface area contributed by atoms with Crippen molar-refractivity contribution in [2.24, 2.45) is 0 Å². The van der Waals surface area contributed by atoms with Crippen molar-refractivity contribution in [2.45, 2.75) is 25.9 Å². The molecule has 1 N–H and O–H groups in total. The predicted octanol–water partition coefficient (Wildman–Crippen LogP) is 2.62. The first-order valence-electron chi connectivity index (χ1n) is 7.94. The molecule has 0 bridgehead atoms. The van der Waals surface area contributed by atoms with Crippen LogP contribution in [0.15, 0.2) is 28.7 Å². The monoisotopic (exact) mass is 378 g/mol. The summed E-state index contributed by atoms with van der Waals surface area (Å²) >= 11 is 0. The number of hydrogen-bond acceptors (Lipinski definition) is 5. The highest BCUT2D eigenvalue weighted by molar-refractivity contribution is 6.07. The lowest BCUT2D eigenvalue weighted by Crippen LogP contribution is -2.41. The summed E-state index contributed by atoms with van der Waals surface area (Å²) in [6, 6.07) is 3.36. The molecule has 7 nitrogen and oxygen atoms in total. The van der Waals surface area contributed by atoms with Crippen LogP contribution in [0.2, 0.25) is 0 Å². The minimum absolute atomic E-state index is 0.157. The van der Waals surface area contributed by atoms with Crippen LogP contribution in [0.4, 0.5) is 13.6 Å². The van der Waals surface area contributed by atoms with Gasteiger partial charge in [-0.25, -0.2) is 18.4 Å². The summed E-state index contributed by atoms with van der Waals surface area (Å²) in [7, 11) is 1.22. The highest BCUT2D eigenvalue weighted by Crippen LogP contribution is 2.32. The molecular formula is C18H16F2N2O5. The van der Waals surface area contributed by atoms with Gasteiger partial charge in [-0.05, 0) is 26.0 Å². The molecule has 1 aliphatic heterocycles. The number of carbonyl (C=O) groups excluding carboxylic acids is 3. The van der Waals surface area contributed by atoms with Crippen molar-refractivity contribution in [3.8, 4) is 0 Å². The molecule has 1 unspecified atom stereocenters. The Morgan fingerprint density at radius 2 is 2.00 bits per heavy atom. The smallest absolute Gasteiger partial charge is 0.341 e. The van der Waals surface area contributed by atoms with Gasteiger partial charge in [-0.3, -0.25) is 9.69 Å². The Kier molecular flexibility index (Phi) is 4.46. The van der Waals surface area contributed by atoms with Crippen molar-refractivity contribution in [3.63, 3.8) is 0 Å². The highest BCUT2D eigenvalue weighted by Gasteiger charge is 2.50. The van der Waals surface area contributed by atoms with Crippen molar-refractivity contribution >= 4 is 17.9 Å². The lowest BCUT2D eigenvalue weighted by atomic mass is 9.91. The summed E-state index contributed by atoms with van der Waals surface area (Å²) in [5.41, 5.74) is -1.68. The molecule has 142 valence electrons. The Balaban J connectivity index is 1.89. The second kappa shape index (κ2) is 6.49. The summed E-state index contributed by atoms with van der Waals surface area (Å²) in [4.78, 5) is 37.6. The van der Waals surface area contributed by atoms with E-state index in [0.29, 0.717) is 6.07 Å². The number of urea groups is 1. The van der Waals surface area contributed by atoms with Crippen molar-refractivity contribution in [2.75, 3.05) is 7.11 Å². The van der Waals surface area contributed by atoms with Crippen molar-refractivity contribution in [1.82, 2.24) is 10.2 Å². The van der Waals surface area contributed by atoms with E-state index >= 15 is 0 Å². The first kappa shape index (κ1) is 18.6. The number of nitrogens with one attached hydrogen (secondary N) is 1. The second-order valence-electron chi connectivity index (χ2n) is 6.24. The molecule has 0 spiro atoms. The molecule has 2 aromatic rings. The maximum Gasteiger partial charge on any atom is 0.341 e. The van der Waals surface area contributed by atoms with Crippen molar-refractivity contribution in [1.29, 1.82) is 0 Å². The molecule has 1 aromatic heterocycles. The van der Waals surface area contributed by atoms with E-state index < -0.39 is 35.1 Å². The molecule has 1 aliphatic rings. The minimum atomic E-state index is -1.69. The molecule has 0 saturated carbocycles. The Morgan fingerprint density at radius 3 is 2.63 bits per heavy atom. The van der Waals surface area contributed by atoms with E-state index in [-0.39, 0.29) is 29.2 Å². The standard InChI is InChI=1S/C18H16F2N2O5/c1-9-12(15(23)26-3)7-11(27-9)8-22-16(24)18(2,21-17(22)25)13-5-4-10(19)6-14(13)20/h4-7H,8H2,1-3H3,(H,21,25). The highest BCUT2D eigenvalue weighted by atomic mass is 19.1. The normalized spacial score (nSPS) is 19.4. The number of nitrogens with zero attached hydrogens (tertiary/aromatic N) is 1. The van der Waals surface area contributed by atoms with Crippen LogP contribution in [-0.4, -0.2) is 29.9 Å². The zero-order valence-electron chi connectivity index (χ0n) is 14.8. The number of carbonyl (C=O) groups is 3. The lowest BCUT2D eigenvalue weighted by Gasteiger charge is -2.22. The fourth-order valence-electron chi connectivity index (χ4n) is 3.01. The SMILES string of the molecule is COC(=O)c1cc(CN2C(=O)NC(C)(c3ccc(F)cc3F)C2=O)oc1C. The number of benzene rings is 1. The fourth-order valence-corrected chi connectivity index (χ4v) is 3.01. The minimum Gasteiger partial charge on any atom is -0.465 e. The molecule has 1 atom stereocenters. The second-order valence-corrected chi connectivity index (χ2v) is 6.24. The van der Waals surface area contributed by atoms with E-state index in [1.807, 2.05) is 0 Å². The van der Waals surface area contributed by atoms with Crippen LogP contribution >= 0.6 is 0 Å². The summed E-state index contributed by atoms with van der Waals surface area (Å²) in [5, 5.41) is 2.42. The molecule has 1 fully saturated rings. The molecule has 3 amide bonds. The van der Waals surface area contributed by atoms with Gasteiger partial charge in [-0.1, -0.05) is 6.07 Å². The molecule has 9 heteroatoms. The quantitative estimate of drug-likeness (QED) is 0.653. The van der Waals surface area contributed by atoms with E-state index in [2.05, 4.69) is 10.1 Å². The third-order valence-electron chi connectivity index (χ3n) is 4.43. The number of amides is 3. The molecule has 2 heterocycles. The van der Waals surface area contributed by atoms with E-state index in [1.54, 1.807) is 6.92 Å². The number of rotatable bonds is 4. The first-order valence-corrected chi connectivity index (χ1v) is 7.94. The molecule has 0 radical (unpaired) electrons. The number of imide groups is 1. The molecule has 1 aromatic carbocycles. The summed E-state index contributed by atoms with van der Waals surface area (Å²) in [6.45, 7) is 2.61. The Morgan fingerprint density at radius 1 is 1.30 bits per heavy atom. The van der Waals surface area contributed by atoms with E-state index in [9.17, 15) is 23.2 Å². The predicted molar refractivity (Wildman–Crippen MR) is 87.6 cm³/mol. The number of hydrogen-bond donors (Lipinski definition) is 1. The largest absolute Gasteiger partial charge is 0.465 e. The summed E-state index contributed by atoms with van der Waals surface area (Å²) in [5.74, 6) is -2.63. The van der Waals surface area contributed by atoms with Crippen molar-refractivity contribution in [3.05, 3.63) is 58.5 Å². The average Bonchev–Trinajstić information content (AvgIpc) is 3.07. The third kappa shape index (κ3) is 3.05. The average molecular weight is 378 g/mol. The van der Waals surface area contributed by atoms with Crippen LogP contribution in [0.3, 0.4) is 0 Å². The van der Waals surface area contributed by atoms with Crippen LogP contribution in [0.5, 0.6) is 0 Å². The van der Waals surface area contributed by atoms with E-state index in [4.69, 9.17) is 4.42 Å². The zero-order chi connectivity index (χ0) is 19.9. The maximum absolute atomic E-state index is 14.2. The van der Waals surface area contributed by atoms with Crippen LogP contribution in [0, 0.1) is 18.6 Å². The van der Waals surface area contributed by atoms with Gasteiger partial charge >= 0.3 is 12.0 Å². The molecule has 0 aliphatic carbocycles. The topological polar surface area (TPSA) is 88.9 Å². The van der Waals surface area contributed by atoms with Gasteiger partial charge in [-0.2, -0.15) is 0 Å². The van der Waals surface area contributed by atoms with Gasteiger partial charge in [0, 0.05) is 11.6 Å². The summed E-state index contributed by atoms with van der Waals surface area (Å²) in [6.07, 6.45) is 0. The lowest BCUT2D eigenvalue weighted by molar-refractivity contribution is -0.131. The number of halogens is 2. The third-order valence-corrected chi connectivity index (χ3v) is 4.43. The van der Waals surface area contributed by atoms with Crippen LogP contribution in [0.1, 0.15) is 34.4 Å². The van der Waals surface area contributed by atoms with Crippen LogP contribution in [0.25, 0.3) is 0 Å². The maximum atomic E-state index is 14.2. The zero-order valence-corrected chi connectivity index (χ0v) is 14.8. The molecular weight excluding hydrogens is 362 g/mol. The first-order chi connectivity index (χ1) is 12.7. The Hall–Kier alpha value is -3.23. The van der Waals surface area contributed by atoms with Gasteiger partial charge in [0.15, 0.2) is 0 Å². The van der Waals surface area contributed by atoms with E-state index in [1.165, 1.54) is 20.1 Å². The molecule has 3 rings (SSSR count). The number of aryl methyl sites for hydroxylation is 1. The summed E-state index contributed by atoms with van der Waals surface area (Å²) < 4.78 is 37.3. The Bertz CT molecular complexity index is 955. The number of ether oxygens (including phenoxy) is 1. The number of esters is 1. The number of furan rings is 1. The molecule has 27 heavy (non-hydrogen) atoms. The van der Waals surface area contributed by atoms with Gasteiger partial charge in [0.2, 0.25) is 0 Å². The Labute approximate surface area is 152 Å². The van der Waals surface area contributed by atoms with Gasteiger partial charge in [-0.15, -0.1) is 0 Å². The van der Waals surface area contributed by atoms with E-state index in [0.717, 1.165) is 17.0 Å². The number of methoxy groups -OCH3 is 1. The van der Waals surface area contributed by atoms with Crippen LogP contribution in [-0.2, 0) is 21.6 Å². The molecule has 1 saturated heterocycles.